The predicted octanol–water partition coefficient (Wildman–Crippen LogP) is 1.38. The van der Waals surface area contributed by atoms with Gasteiger partial charge >= 0.3 is 6.03 Å². The number of nitrogens with one attached hydrogen (secondary N) is 2. The van der Waals surface area contributed by atoms with E-state index < -0.39 is 17.5 Å². The zero-order valence-corrected chi connectivity index (χ0v) is 13.1. The second-order valence-corrected chi connectivity index (χ2v) is 6.01. The topological polar surface area (TPSA) is 87.7 Å². The highest BCUT2D eigenvalue weighted by Crippen LogP contribution is 2.28. The van der Waals surface area contributed by atoms with Gasteiger partial charge in [0.05, 0.1) is 0 Å². The van der Waals surface area contributed by atoms with Crippen molar-refractivity contribution in [3.63, 3.8) is 0 Å². The average molecular weight is 338 g/mol. The van der Waals surface area contributed by atoms with Gasteiger partial charge in [-0.05, 0) is 24.3 Å². The number of imide groups is 1. The van der Waals surface area contributed by atoms with Gasteiger partial charge in [0.15, 0.2) is 0 Å². The summed E-state index contributed by atoms with van der Waals surface area (Å²) in [7, 11) is 0. The first-order chi connectivity index (χ1) is 11.0. The summed E-state index contributed by atoms with van der Waals surface area (Å²) in [6.07, 6.45) is 0.847. The molecule has 2 N–H and O–H groups in total. The Morgan fingerprint density at radius 2 is 1.91 bits per heavy atom. The second kappa shape index (κ2) is 6.17. The summed E-state index contributed by atoms with van der Waals surface area (Å²) in [4.78, 5) is 37.6. The van der Waals surface area contributed by atoms with Crippen LogP contribution in [-0.4, -0.2) is 48.0 Å². The van der Waals surface area contributed by atoms with Crippen LogP contribution in [-0.2, 0) is 14.3 Å². The number of carbonyl (C=O) groups excluding carboxylic acids is 3. The van der Waals surface area contributed by atoms with Crippen LogP contribution in [0.5, 0.6) is 0 Å². The quantitative estimate of drug-likeness (QED) is 0.816. The van der Waals surface area contributed by atoms with Gasteiger partial charge in [0.1, 0.15) is 12.1 Å². The smallest absolute Gasteiger partial charge is 0.325 e. The van der Waals surface area contributed by atoms with Gasteiger partial charge in [-0.2, -0.15) is 0 Å². The van der Waals surface area contributed by atoms with Crippen LogP contribution in [0.3, 0.4) is 0 Å². The molecule has 2 heterocycles. The molecule has 7 nitrogen and oxygen atoms in total. The molecule has 8 heteroatoms. The van der Waals surface area contributed by atoms with E-state index >= 15 is 0 Å². The minimum absolute atomic E-state index is 0.324. The Kier molecular flexibility index (Phi) is 4.23. The van der Waals surface area contributed by atoms with Crippen molar-refractivity contribution in [2.45, 2.75) is 18.4 Å². The second-order valence-electron chi connectivity index (χ2n) is 5.57. The maximum absolute atomic E-state index is 12.5. The Morgan fingerprint density at radius 3 is 2.57 bits per heavy atom. The van der Waals surface area contributed by atoms with Crippen molar-refractivity contribution in [1.82, 2.24) is 10.2 Å². The van der Waals surface area contributed by atoms with Crippen LogP contribution in [0, 0.1) is 0 Å². The third-order valence-corrected chi connectivity index (χ3v) is 4.27. The van der Waals surface area contributed by atoms with E-state index in [1.807, 2.05) is 0 Å². The minimum Gasteiger partial charge on any atom is -0.381 e. The number of carbonyl (C=O) groups is 3. The van der Waals surface area contributed by atoms with E-state index in [0.717, 1.165) is 4.90 Å². The van der Waals surface area contributed by atoms with E-state index in [2.05, 4.69) is 10.6 Å². The van der Waals surface area contributed by atoms with Crippen molar-refractivity contribution < 1.29 is 19.1 Å². The molecule has 3 rings (SSSR count). The molecule has 0 atom stereocenters. The molecule has 0 aromatic heterocycles. The minimum atomic E-state index is -0.921. The average Bonchev–Trinajstić information content (AvgIpc) is 2.75. The fourth-order valence-electron chi connectivity index (χ4n) is 2.76. The van der Waals surface area contributed by atoms with Crippen LogP contribution in [0.4, 0.5) is 10.5 Å². The molecule has 122 valence electrons. The number of hydrogen-bond acceptors (Lipinski definition) is 4. The van der Waals surface area contributed by atoms with Gasteiger partial charge in [0, 0.05) is 36.8 Å². The van der Waals surface area contributed by atoms with Gasteiger partial charge in [0.25, 0.3) is 5.91 Å². The van der Waals surface area contributed by atoms with Gasteiger partial charge < -0.3 is 15.4 Å². The highest BCUT2D eigenvalue weighted by atomic mass is 35.5. The molecule has 0 radical (unpaired) electrons. The summed E-state index contributed by atoms with van der Waals surface area (Å²) in [6, 6.07) is 6.03. The Morgan fingerprint density at radius 1 is 1.26 bits per heavy atom. The molecule has 2 fully saturated rings. The normalized spacial score (nSPS) is 19.8. The Balaban J connectivity index is 1.65. The summed E-state index contributed by atoms with van der Waals surface area (Å²) in [5, 5.41) is 5.89. The van der Waals surface area contributed by atoms with Crippen LogP contribution in [0.25, 0.3) is 0 Å². The zero-order chi connectivity index (χ0) is 16.4. The van der Waals surface area contributed by atoms with Crippen molar-refractivity contribution in [2.75, 3.05) is 25.1 Å². The number of amides is 4. The lowest BCUT2D eigenvalue weighted by molar-refractivity contribution is -0.136. The summed E-state index contributed by atoms with van der Waals surface area (Å²) >= 11 is 5.78. The summed E-state index contributed by atoms with van der Waals surface area (Å²) in [5.74, 6) is -0.808. The maximum Gasteiger partial charge on any atom is 0.325 e. The fraction of sp³-hybridized carbons (Fsp3) is 0.400. The molecule has 0 unspecified atom stereocenters. The Labute approximate surface area is 137 Å². The molecule has 1 spiro atoms. The molecule has 2 saturated heterocycles. The van der Waals surface area contributed by atoms with Crippen LogP contribution in [0.15, 0.2) is 24.3 Å². The predicted molar refractivity (Wildman–Crippen MR) is 83.1 cm³/mol. The zero-order valence-electron chi connectivity index (χ0n) is 12.3. The summed E-state index contributed by atoms with van der Waals surface area (Å²) in [6.45, 7) is 0.504. The van der Waals surface area contributed by atoms with Gasteiger partial charge in [-0.25, -0.2) is 4.79 Å². The maximum atomic E-state index is 12.5. The lowest BCUT2D eigenvalue weighted by Crippen LogP contribution is -2.51. The van der Waals surface area contributed by atoms with Gasteiger partial charge in [0.2, 0.25) is 5.91 Å². The van der Waals surface area contributed by atoms with Crippen LogP contribution in [0.1, 0.15) is 12.8 Å². The highest BCUT2D eigenvalue weighted by Gasteiger charge is 2.52. The Hall–Kier alpha value is -2.12. The first-order valence-corrected chi connectivity index (χ1v) is 7.65. The molecule has 0 bridgehead atoms. The van der Waals surface area contributed by atoms with Gasteiger partial charge in [-0.1, -0.05) is 11.6 Å². The SMILES string of the molecule is O=C(CN1C(=O)NC2(CCOCC2)C1=O)Nc1ccc(Cl)cc1. The van der Waals surface area contributed by atoms with Crippen molar-refractivity contribution in [2.24, 2.45) is 0 Å². The third-order valence-electron chi connectivity index (χ3n) is 4.02. The van der Waals surface area contributed by atoms with Crippen molar-refractivity contribution >= 4 is 35.1 Å². The fourth-order valence-corrected chi connectivity index (χ4v) is 2.88. The van der Waals surface area contributed by atoms with Crippen LogP contribution >= 0.6 is 11.6 Å². The van der Waals surface area contributed by atoms with E-state index in [9.17, 15) is 14.4 Å². The highest BCUT2D eigenvalue weighted by molar-refractivity contribution is 6.30. The molecular weight excluding hydrogens is 322 g/mol. The van der Waals surface area contributed by atoms with Gasteiger partial charge in [-0.3, -0.25) is 14.5 Å². The van der Waals surface area contributed by atoms with Crippen LogP contribution < -0.4 is 10.6 Å². The molecule has 23 heavy (non-hydrogen) atoms. The monoisotopic (exact) mass is 337 g/mol. The number of nitrogens with zero attached hydrogens (tertiary/aromatic N) is 1. The standard InChI is InChI=1S/C15H16ClN3O4/c16-10-1-3-11(4-2-10)17-12(20)9-19-13(21)15(18-14(19)22)5-7-23-8-6-15/h1-4H,5-9H2,(H,17,20)(H,18,22). The molecule has 1 aromatic rings. The summed E-state index contributed by atoms with van der Waals surface area (Å²) in [5.41, 5.74) is -0.372. The first kappa shape index (κ1) is 15.8. The van der Waals surface area contributed by atoms with Crippen LogP contribution in [0.2, 0.25) is 5.02 Å². The third kappa shape index (κ3) is 3.16. The van der Waals surface area contributed by atoms with Crippen molar-refractivity contribution in [3.05, 3.63) is 29.3 Å². The number of benzene rings is 1. The molecule has 2 aliphatic heterocycles. The number of anilines is 1. The van der Waals surface area contributed by atoms with E-state index in [1.165, 1.54) is 0 Å². The molecule has 4 amide bonds. The Bertz CT molecular complexity index is 641. The van der Waals surface area contributed by atoms with E-state index in [1.54, 1.807) is 24.3 Å². The molecular formula is C15H16ClN3O4. The molecule has 0 saturated carbocycles. The lowest BCUT2D eigenvalue weighted by atomic mass is 9.90. The molecule has 1 aromatic carbocycles. The number of rotatable bonds is 3. The molecule has 2 aliphatic rings. The number of ether oxygens (including phenoxy) is 1. The van der Waals surface area contributed by atoms with Crippen molar-refractivity contribution in [1.29, 1.82) is 0 Å². The van der Waals surface area contributed by atoms with Crippen molar-refractivity contribution in [3.8, 4) is 0 Å². The number of halogens is 1. The summed E-state index contributed by atoms with van der Waals surface area (Å²) < 4.78 is 5.23. The van der Waals surface area contributed by atoms with E-state index in [-0.39, 0.29) is 12.5 Å². The largest absolute Gasteiger partial charge is 0.381 e. The van der Waals surface area contributed by atoms with E-state index in [0.29, 0.717) is 36.8 Å². The van der Waals surface area contributed by atoms with Gasteiger partial charge in [-0.15, -0.1) is 0 Å². The first-order valence-electron chi connectivity index (χ1n) is 7.27. The lowest BCUT2D eigenvalue weighted by Gasteiger charge is -2.30. The number of urea groups is 1. The molecule has 0 aliphatic carbocycles. The van der Waals surface area contributed by atoms with E-state index in [4.69, 9.17) is 16.3 Å². The number of hydrogen-bond donors (Lipinski definition) is 2.